The number of hydrogen-bond donors (Lipinski definition) is 0. The third-order valence-electron chi connectivity index (χ3n) is 3.43. The number of halogens is 1. The summed E-state index contributed by atoms with van der Waals surface area (Å²) in [6.07, 6.45) is 4.07. The Balaban J connectivity index is 1.94. The summed E-state index contributed by atoms with van der Waals surface area (Å²) >= 11 is 6.21. The zero-order valence-corrected chi connectivity index (χ0v) is 12.5. The molecule has 0 aromatic heterocycles. The lowest BCUT2D eigenvalue weighted by Crippen LogP contribution is -1.84. The third-order valence-corrected chi connectivity index (χ3v) is 3.78. The van der Waals surface area contributed by atoms with E-state index in [1.54, 1.807) is 7.11 Å². The fraction of sp³-hybridized carbons (Fsp3) is 0.0526. The molecule has 0 amide bonds. The van der Waals surface area contributed by atoms with Crippen LogP contribution in [-0.4, -0.2) is 7.11 Å². The Morgan fingerprint density at radius 3 is 2.48 bits per heavy atom. The largest absolute Gasteiger partial charge is 0.497 e. The second-order valence-corrected chi connectivity index (χ2v) is 5.23. The molecule has 0 unspecified atom stereocenters. The maximum Gasteiger partial charge on any atom is 0.119 e. The van der Waals surface area contributed by atoms with Gasteiger partial charge in [0.1, 0.15) is 5.75 Å². The van der Waals surface area contributed by atoms with Crippen LogP contribution in [0, 0.1) is 0 Å². The van der Waals surface area contributed by atoms with Gasteiger partial charge >= 0.3 is 0 Å². The monoisotopic (exact) mass is 294 g/mol. The number of rotatable bonds is 3. The van der Waals surface area contributed by atoms with Crippen LogP contribution in [0.3, 0.4) is 0 Å². The predicted molar refractivity (Wildman–Crippen MR) is 90.9 cm³/mol. The zero-order valence-electron chi connectivity index (χ0n) is 11.7. The number of ether oxygens (including phenoxy) is 1. The van der Waals surface area contributed by atoms with E-state index in [0.717, 1.165) is 16.9 Å². The van der Waals surface area contributed by atoms with Crippen molar-refractivity contribution in [2.45, 2.75) is 0 Å². The number of benzene rings is 3. The van der Waals surface area contributed by atoms with Crippen LogP contribution in [0.4, 0.5) is 0 Å². The molecule has 3 aromatic carbocycles. The molecule has 0 aliphatic rings. The number of methoxy groups -OCH3 is 1. The van der Waals surface area contributed by atoms with Gasteiger partial charge in [0.05, 0.1) is 7.11 Å². The van der Waals surface area contributed by atoms with Gasteiger partial charge < -0.3 is 4.74 Å². The Labute approximate surface area is 129 Å². The van der Waals surface area contributed by atoms with Gasteiger partial charge in [0.15, 0.2) is 0 Å². The van der Waals surface area contributed by atoms with Crippen molar-refractivity contribution in [1.82, 2.24) is 0 Å². The molecule has 0 bridgehead atoms. The molecule has 0 fully saturated rings. The van der Waals surface area contributed by atoms with Gasteiger partial charge in [0.2, 0.25) is 0 Å². The minimum atomic E-state index is 0.716. The SMILES string of the molecule is COc1ccc(Cl)c(C=Cc2ccc3ccccc3c2)c1. The molecule has 0 atom stereocenters. The van der Waals surface area contributed by atoms with Crippen molar-refractivity contribution in [1.29, 1.82) is 0 Å². The van der Waals surface area contributed by atoms with Gasteiger partial charge in [-0.3, -0.25) is 0 Å². The highest BCUT2D eigenvalue weighted by Crippen LogP contribution is 2.24. The highest BCUT2D eigenvalue weighted by Gasteiger charge is 1.99. The van der Waals surface area contributed by atoms with E-state index in [2.05, 4.69) is 42.5 Å². The molecule has 0 heterocycles. The Kier molecular flexibility index (Phi) is 3.94. The lowest BCUT2D eigenvalue weighted by atomic mass is 10.1. The summed E-state index contributed by atoms with van der Waals surface area (Å²) in [7, 11) is 1.65. The first-order chi connectivity index (χ1) is 10.3. The van der Waals surface area contributed by atoms with Gasteiger partial charge in [0.25, 0.3) is 0 Å². The van der Waals surface area contributed by atoms with Crippen LogP contribution in [0.1, 0.15) is 11.1 Å². The van der Waals surface area contributed by atoms with Gasteiger partial charge in [-0.25, -0.2) is 0 Å². The first-order valence-corrected chi connectivity index (χ1v) is 7.14. The van der Waals surface area contributed by atoms with Gasteiger partial charge in [-0.05, 0) is 46.2 Å². The van der Waals surface area contributed by atoms with Gasteiger partial charge in [0, 0.05) is 5.02 Å². The van der Waals surface area contributed by atoms with Crippen molar-refractivity contribution in [3.8, 4) is 5.75 Å². The van der Waals surface area contributed by atoms with Crippen molar-refractivity contribution in [2.24, 2.45) is 0 Å². The molecule has 104 valence electrons. The molecule has 0 saturated carbocycles. The van der Waals surface area contributed by atoms with Crippen LogP contribution >= 0.6 is 11.6 Å². The Morgan fingerprint density at radius 1 is 0.857 bits per heavy atom. The summed E-state index contributed by atoms with van der Waals surface area (Å²) < 4.78 is 5.23. The molecule has 0 aliphatic heterocycles. The van der Waals surface area contributed by atoms with Crippen LogP contribution in [0.25, 0.3) is 22.9 Å². The molecule has 0 aliphatic carbocycles. The average molecular weight is 295 g/mol. The van der Waals surface area contributed by atoms with E-state index in [0.29, 0.717) is 5.02 Å². The summed E-state index contributed by atoms with van der Waals surface area (Å²) in [6, 6.07) is 20.4. The second kappa shape index (κ2) is 6.02. The molecular weight excluding hydrogens is 280 g/mol. The van der Waals surface area contributed by atoms with E-state index in [-0.39, 0.29) is 0 Å². The molecule has 21 heavy (non-hydrogen) atoms. The average Bonchev–Trinajstić information content (AvgIpc) is 2.54. The highest BCUT2D eigenvalue weighted by molar-refractivity contribution is 6.32. The maximum atomic E-state index is 6.21. The fourth-order valence-electron chi connectivity index (χ4n) is 2.27. The van der Waals surface area contributed by atoms with E-state index in [1.807, 2.05) is 30.3 Å². The van der Waals surface area contributed by atoms with Crippen LogP contribution in [-0.2, 0) is 0 Å². The minimum Gasteiger partial charge on any atom is -0.497 e. The molecule has 0 spiro atoms. The standard InChI is InChI=1S/C19H15ClO/c1-21-18-10-11-19(20)17(13-18)9-7-14-6-8-15-4-2-3-5-16(15)12-14/h2-13H,1H3. The smallest absolute Gasteiger partial charge is 0.119 e. The predicted octanol–water partition coefficient (Wildman–Crippen LogP) is 5.67. The number of hydrogen-bond acceptors (Lipinski definition) is 1. The lowest BCUT2D eigenvalue weighted by molar-refractivity contribution is 0.414. The Bertz CT molecular complexity index is 806. The normalized spacial score (nSPS) is 11.1. The second-order valence-electron chi connectivity index (χ2n) is 4.83. The first kappa shape index (κ1) is 13.7. The van der Waals surface area contributed by atoms with Crippen LogP contribution in [0.15, 0.2) is 60.7 Å². The summed E-state index contributed by atoms with van der Waals surface area (Å²) in [5.74, 6) is 0.803. The van der Waals surface area contributed by atoms with Crippen molar-refractivity contribution in [2.75, 3.05) is 7.11 Å². The van der Waals surface area contributed by atoms with E-state index < -0.39 is 0 Å². The van der Waals surface area contributed by atoms with Gasteiger partial charge in [-0.1, -0.05) is 60.2 Å². The van der Waals surface area contributed by atoms with Crippen LogP contribution in [0.5, 0.6) is 5.75 Å². The summed E-state index contributed by atoms with van der Waals surface area (Å²) in [5.41, 5.74) is 2.09. The Hall–Kier alpha value is -2.25. The van der Waals surface area contributed by atoms with Crippen molar-refractivity contribution >= 4 is 34.5 Å². The minimum absolute atomic E-state index is 0.716. The van der Waals surface area contributed by atoms with E-state index >= 15 is 0 Å². The van der Waals surface area contributed by atoms with Crippen LogP contribution < -0.4 is 4.74 Å². The maximum absolute atomic E-state index is 6.21. The quantitative estimate of drug-likeness (QED) is 0.565. The van der Waals surface area contributed by atoms with Crippen molar-refractivity contribution < 1.29 is 4.74 Å². The molecule has 3 aromatic rings. The molecule has 2 heteroatoms. The topological polar surface area (TPSA) is 9.23 Å². The first-order valence-electron chi connectivity index (χ1n) is 6.77. The molecule has 0 saturated heterocycles. The van der Waals surface area contributed by atoms with Crippen molar-refractivity contribution in [3.05, 3.63) is 76.8 Å². The van der Waals surface area contributed by atoms with Crippen LogP contribution in [0.2, 0.25) is 5.02 Å². The molecule has 0 N–H and O–H groups in total. The summed E-state index contributed by atoms with van der Waals surface area (Å²) in [4.78, 5) is 0. The molecule has 0 radical (unpaired) electrons. The zero-order chi connectivity index (χ0) is 14.7. The Morgan fingerprint density at radius 2 is 1.67 bits per heavy atom. The van der Waals surface area contributed by atoms with Crippen molar-refractivity contribution in [3.63, 3.8) is 0 Å². The highest BCUT2D eigenvalue weighted by atomic mass is 35.5. The number of fused-ring (bicyclic) bond motifs is 1. The molecule has 1 nitrogen and oxygen atoms in total. The summed E-state index contributed by atoms with van der Waals surface area (Å²) in [5, 5.41) is 3.19. The molecular formula is C19H15ClO. The van der Waals surface area contributed by atoms with Gasteiger partial charge in [-0.15, -0.1) is 0 Å². The van der Waals surface area contributed by atoms with Gasteiger partial charge in [-0.2, -0.15) is 0 Å². The van der Waals surface area contributed by atoms with E-state index in [9.17, 15) is 0 Å². The van der Waals surface area contributed by atoms with E-state index in [4.69, 9.17) is 16.3 Å². The molecule has 3 rings (SSSR count). The third kappa shape index (κ3) is 3.09. The summed E-state index contributed by atoms with van der Waals surface area (Å²) in [6.45, 7) is 0. The lowest BCUT2D eigenvalue weighted by Gasteiger charge is -2.03. The van der Waals surface area contributed by atoms with E-state index in [1.165, 1.54) is 10.8 Å². The fourth-order valence-corrected chi connectivity index (χ4v) is 2.45.